The number of benzene rings is 1. The Hall–Kier alpha value is -1.79. The van der Waals surface area contributed by atoms with Crippen molar-refractivity contribution in [3.8, 4) is 11.5 Å². The number of likely N-dealkylation sites (tertiary alicyclic amines) is 1. The summed E-state index contributed by atoms with van der Waals surface area (Å²) in [6.45, 7) is 2.90. The molecule has 0 aliphatic carbocycles. The van der Waals surface area contributed by atoms with Gasteiger partial charge < -0.3 is 23.8 Å². The molecule has 4 rings (SSSR count). The molecule has 0 N–H and O–H groups in total. The number of nitrogens with zero attached hydrogens (tertiary/aromatic N) is 1. The molecule has 2 fully saturated rings. The Labute approximate surface area is 135 Å². The zero-order valence-electron chi connectivity index (χ0n) is 13.2. The first-order valence-electron chi connectivity index (χ1n) is 8.05. The molecule has 1 spiro atoms. The van der Waals surface area contributed by atoms with Crippen LogP contribution in [0.2, 0.25) is 0 Å². The van der Waals surface area contributed by atoms with Crippen LogP contribution in [-0.2, 0) is 9.47 Å². The third kappa shape index (κ3) is 2.56. The second-order valence-electron chi connectivity index (χ2n) is 6.36. The molecule has 2 saturated heterocycles. The van der Waals surface area contributed by atoms with E-state index in [1.807, 2.05) is 17.0 Å². The zero-order chi connectivity index (χ0) is 15.9. The Morgan fingerprint density at radius 2 is 2.22 bits per heavy atom. The van der Waals surface area contributed by atoms with Crippen molar-refractivity contribution in [2.24, 2.45) is 0 Å². The predicted octanol–water partition coefficient (Wildman–Crippen LogP) is 1.48. The summed E-state index contributed by atoms with van der Waals surface area (Å²) in [6.07, 6.45) is 1.83. The highest BCUT2D eigenvalue weighted by Crippen LogP contribution is 2.39. The molecule has 3 heterocycles. The van der Waals surface area contributed by atoms with Crippen LogP contribution in [0.4, 0.5) is 0 Å². The van der Waals surface area contributed by atoms with Gasteiger partial charge in [0.2, 0.25) is 0 Å². The van der Waals surface area contributed by atoms with Crippen LogP contribution >= 0.6 is 0 Å². The topological polar surface area (TPSA) is 57.2 Å². The van der Waals surface area contributed by atoms with Gasteiger partial charge in [0.1, 0.15) is 13.2 Å². The third-order valence-corrected chi connectivity index (χ3v) is 4.91. The van der Waals surface area contributed by atoms with E-state index in [4.69, 9.17) is 18.9 Å². The van der Waals surface area contributed by atoms with Crippen LogP contribution in [0.5, 0.6) is 11.5 Å². The van der Waals surface area contributed by atoms with E-state index in [0.29, 0.717) is 50.0 Å². The van der Waals surface area contributed by atoms with E-state index < -0.39 is 0 Å². The molecule has 1 amide bonds. The Morgan fingerprint density at radius 1 is 1.35 bits per heavy atom. The van der Waals surface area contributed by atoms with Crippen molar-refractivity contribution in [3.63, 3.8) is 0 Å². The highest BCUT2D eigenvalue weighted by Gasteiger charge is 2.47. The van der Waals surface area contributed by atoms with Gasteiger partial charge in [-0.25, -0.2) is 0 Å². The van der Waals surface area contributed by atoms with Gasteiger partial charge in [-0.15, -0.1) is 0 Å². The minimum Gasteiger partial charge on any atom is -0.486 e. The molecule has 6 heteroatoms. The van der Waals surface area contributed by atoms with Crippen LogP contribution in [0.1, 0.15) is 23.2 Å². The summed E-state index contributed by atoms with van der Waals surface area (Å²) in [6, 6.07) is 5.47. The van der Waals surface area contributed by atoms with Gasteiger partial charge in [0.15, 0.2) is 11.5 Å². The summed E-state index contributed by atoms with van der Waals surface area (Å²) in [7, 11) is 1.71. The minimum absolute atomic E-state index is 0.0197. The van der Waals surface area contributed by atoms with Gasteiger partial charge in [0, 0.05) is 20.1 Å². The van der Waals surface area contributed by atoms with Crippen LogP contribution in [0.15, 0.2) is 18.2 Å². The number of carbonyl (C=O) groups excluding carboxylic acids is 1. The largest absolute Gasteiger partial charge is 0.486 e. The molecule has 1 aromatic carbocycles. The molecular formula is C17H21NO5. The predicted molar refractivity (Wildman–Crippen MR) is 82.0 cm³/mol. The molecule has 0 bridgehead atoms. The lowest BCUT2D eigenvalue weighted by Gasteiger charge is -2.25. The summed E-state index contributed by atoms with van der Waals surface area (Å²) in [5.41, 5.74) is 0.322. The molecule has 3 aliphatic rings. The first-order valence-corrected chi connectivity index (χ1v) is 8.05. The molecule has 23 heavy (non-hydrogen) atoms. The Morgan fingerprint density at radius 3 is 3.04 bits per heavy atom. The fourth-order valence-electron chi connectivity index (χ4n) is 3.67. The van der Waals surface area contributed by atoms with Crippen molar-refractivity contribution < 1.29 is 23.7 Å². The molecule has 2 atom stereocenters. The maximum Gasteiger partial charge on any atom is 0.257 e. The molecular weight excluding hydrogens is 298 g/mol. The number of hydrogen-bond donors (Lipinski definition) is 0. The average Bonchev–Trinajstić information content (AvgIpc) is 3.21. The van der Waals surface area contributed by atoms with Crippen LogP contribution in [0.3, 0.4) is 0 Å². The maximum atomic E-state index is 12.9. The fraction of sp³-hybridized carbons (Fsp3) is 0.588. The molecule has 3 aliphatic heterocycles. The lowest BCUT2D eigenvalue weighted by molar-refractivity contribution is 0.00697. The van der Waals surface area contributed by atoms with Gasteiger partial charge in [-0.1, -0.05) is 6.07 Å². The van der Waals surface area contributed by atoms with Gasteiger partial charge in [-0.2, -0.15) is 0 Å². The van der Waals surface area contributed by atoms with Gasteiger partial charge in [0.25, 0.3) is 5.91 Å². The van der Waals surface area contributed by atoms with Crippen LogP contribution < -0.4 is 9.47 Å². The standard InChI is InChI=1S/C17H21NO5/c1-20-12-9-17(23-10-12)5-6-18(11-17)16(19)13-3-2-4-14-15(13)22-8-7-21-14/h2-4,12H,5-11H2,1H3/t12-,17-/m0/s1. The van der Waals surface area contributed by atoms with Gasteiger partial charge in [0.05, 0.1) is 30.4 Å². The smallest absolute Gasteiger partial charge is 0.257 e. The SMILES string of the molecule is CO[C@@H]1CO[C@@]2(CCN(C(=O)c3cccc4c3OCCO4)C2)C1. The fourth-order valence-corrected chi connectivity index (χ4v) is 3.67. The monoisotopic (exact) mass is 319 g/mol. The molecule has 0 saturated carbocycles. The number of carbonyl (C=O) groups is 1. The van der Waals surface area contributed by atoms with E-state index in [9.17, 15) is 4.79 Å². The van der Waals surface area contributed by atoms with Crippen LogP contribution in [0, 0.1) is 0 Å². The van der Waals surface area contributed by atoms with Crippen LogP contribution in [-0.4, -0.2) is 62.5 Å². The van der Waals surface area contributed by atoms with Gasteiger partial charge in [-0.05, 0) is 18.6 Å². The number of ether oxygens (including phenoxy) is 4. The van der Waals surface area contributed by atoms with E-state index >= 15 is 0 Å². The number of methoxy groups -OCH3 is 1. The molecule has 0 unspecified atom stereocenters. The Balaban J connectivity index is 1.53. The normalized spacial score (nSPS) is 29.3. The Bertz CT molecular complexity index is 619. The molecule has 124 valence electrons. The highest BCUT2D eigenvalue weighted by atomic mass is 16.6. The first kappa shape index (κ1) is 14.8. The van der Waals surface area contributed by atoms with E-state index in [1.165, 1.54) is 0 Å². The summed E-state index contributed by atoms with van der Waals surface area (Å²) >= 11 is 0. The number of para-hydroxylation sites is 1. The first-order chi connectivity index (χ1) is 11.2. The number of rotatable bonds is 2. The summed E-state index contributed by atoms with van der Waals surface area (Å²) in [5.74, 6) is 1.19. The molecule has 0 aromatic heterocycles. The average molecular weight is 319 g/mol. The summed E-state index contributed by atoms with van der Waals surface area (Å²) < 4.78 is 22.6. The molecule has 6 nitrogen and oxygen atoms in total. The van der Waals surface area contributed by atoms with E-state index in [0.717, 1.165) is 12.8 Å². The van der Waals surface area contributed by atoms with Crippen molar-refractivity contribution in [2.75, 3.05) is 40.0 Å². The lowest BCUT2D eigenvalue weighted by Crippen LogP contribution is -2.36. The second kappa shape index (κ2) is 5.69. The maximum absolute atomic E-state index is 12.9. The second-order valence-corrected chi connectivity index (χ2v) is 6.36. The summed E-state index contributed by atoms with van der Waals surface area (Å²) in [4.78, 5) is 14.8. The van der Waals surface area contributed by atoms with E-state index in [2.05, 4.69) is 0 Å². The molecule has 0 radical (unpaired) electrons. The van der Waals surface area contributed by atoms with Crippen molar-refractivity contribution in [1.82, 2.24) is 4.90 Å². The van der Waals surface area contributed by atoms with Crippen LogP contribution in [0.25, 0.3) is 0 Å². The van der Waals surface area contributed by atoms with Crippen molar-refractivity contribution >= 4 is 5.91 Å². The zero-order valence-corrected chi connectivity index (χ0v) is 13.2. The minimum atomic E-state index is -0.247. The van der Waals surface area contributed by atoms with E-state index in [-0.39, 0.29) is 17.6 Å². The number of fused-ring (bicyclic) bond motifs is 1. The third-order valence-electron chi connectivity index (χ3n) is 4.91. The van der Waals surface area contributed by atoms with Gasteiger partial charge >= 0.3 is 0 Å². The lowest BCUT2D eigenvalue weighted by atomic mass is 9.98. The molecule has 1 aromatic rings. The van der Waals surface area contributed by atoms with Crippen molar-refractivity contribution in [1.29, 1.82) is 0 Å². The highest BCUT2D eigenvalue weighted by molar-refractivity contribution is 5.98. The quantitative estimate of drug-likeness (QED) is 0.826. The number of hydrogen-bond acceptors (Lipinski definition) is 5. The Kier molecular flexibility index (Phi) is 3.66. The summed E-state index contributed by atoms with van der Waals surface area (Å²) in [5, 5.41) is 0. The van der Waals surface area contributed by atoms with Crippen molar-refractivity contribution in [2.45, 2.75) is 24.5 Å². The number of amides is 1. The van der Waals surface area contributed by atoms with Gasteiger partial charge in [-0.3, -0.25) is 4.79 Å². The van der Waals surface area contributed by atoms with E-state index in [1.54, 1.807) is 13.2 Å². The van der Waals surface area contributed by atoms with Crippen molar-refractivity contribution in [3.05, 3.63) is 23.8 Å².